The van der Waals surface area contributed by atoms with Gasteiger partial charge in [-0.3, -0.25) is 10.0 Å². The number of rotatable bonds is 6. The fraction of sp³-hybridized carbons (Fsp3) is 0.556. The number of nitrogens with zero attached hydrogens (tertiary/aromatic N) is 6. The Balaban J connectivity index is 1.43. The number of carbonyl (C=O) groups is 1. The molecular weight excluding hydrogens is 426 g/mol. The summed E-state index contributed by atoms with van der Waals surface area (Å²) in [7, 11) is -4.01. The van der Waals surface area contributed by atoms with Gasteiger partial charge in [0, 0.05) is 52.2 Å². The van der Waals surface area contributed by atoms with Crippen molar-refractivity contribution >= 4 is 21.9 Å². The topological polar surface area (TPSA) is 143 Å². The first-order chi connectivity index (χ1) is 15.0. The van der Waals surface area contributed by atoms with E-state index in [1.54, 1.807) is 0 Å². The van der Waals surface area contributed by atoms with E-state index in [9.17, 15) is 13.2 Å². The van der Waals surface area contributed by atoms with Gasteiger partial charge in [0.15, 0.2) is 4.75 Å². The van der Waals surface area contributed by atoms with Gasteiger partial charge >= 0.3 is 0 Å². The molecule has 1 amide bonds. The number of piperazine rings is 1. The van der Waals surface area contributed by atoms with E-state index < -0.39 is 20.7 Å². The average Bonchev–Trinajstić information content (AvgIpc) is 3.28. The molecule has 2 saturated heterocycles. The van der Waals surface area contributed by atoms with Crippen LogP contribution in [0.4, 0.5) is 5.95 Å². The van der Waals surface area contributed by atoms with Crippen molar-refractivity contribution in [2.75, 3.05) is 44.3 Å². The van der Waals surface area contributed by atoms with Crippen molar-refractivity contribution in [3.05, 3.63) is 35.9 Å². The minimum absolute atomic E-state index is 0.00267. The van der Waals surface area contributed by atoms with Crippen LogP contribution in [0, 0.1) is 0 Å². The molecule has 0 aliphatic carbocycles. The Morgan fingerprint density at radius 1 is 1.13 bits per heavy atom. The van der Waals surface area contributed by atoms with Crippen LogP contribution >= 0.6 is 0 Å². The number of anilines is 1. The van der Waals surface area contributed by atoms with Crippen molar-refractivity contribution in [2.45, 2.75) is 24.1 Å². The monoisotopic (exact) mass is 451 g/mol. The highest BCUT2D eigenvalue weighted by atomic mass is 32.2. The summed E-state index contributed by atoms with van der Waals surface area (Å²) in [6, 6.07) is 9.76. The molecule has 0 atom stereocenters. The zero-order valence-electron chi connectivity index (χ0n) is 16.9. The number of amides is 1. The third kappa shape index (κ3) is 4.13. The first-order valence-corrected chi connectivity index (χ1v) is 11.5. The van der Waals surface area contributed by atoms with E-state index in [1.165, 1.54) is 14.6 Å². The number of carbonyl (C=O) groups excluding carboxylic acids is 1. The third-order valence-corrected chi connectivity index (χ3v) is 8.41. The van der Waals surface area contributed by atoms with Crippen LogP contribution in [0.1, 0.15) is 18.4 Å². The summed E-state index contributed by atoms with van der Waals surface area (Å²) >= 11 is 0. The van der Waals surface area contributed by atoms with Gasteiger partial charge in [-0.1, -0.05) is 35.4 Å². The second-order valence-electron chi connectivity index (χ2n) is 7.54. The Morgan fingerprint density at radius 2 is 1.81 bits per heavy atom. The van der Waals surface area contributed by atoms with Crippen molar-refractivity contribution in [2.24, 2.45) is 0 Å². The molecule has 2 N–H and O–H groups in total. The van der Waals surface area contributed by atoms with Gasteiger partial charge in [-0.25, -0.2) is 13.9 Å². The van der Waals surface area contributed by atoms with Gasteiger partial charge < -0.3 is 9.64 Å². The molecule has 12 nitrogen and oxygen atoms in total. The number of nitrogens with one attached hydrogen (secondary N) is 1. The van der Waals surface area contributed by atoms with E-state index in [1.807, 2.05) is 35.2 Å². The number of hydrogen-bond acceptors (Lipinski definition) is 9. The summed E-state index contributed by atoms with van der Waals surface area (Å²) < 4.78 is 31.5. The first-order valence-electron chi connectivity index (χ1n) is 10.0. The summed E-state index contributed by atoms with van der Waals surface area (Å²) in [5.74, 6) is -0.481. The van der Waals surface area contributed by atoms with E-state index in [0.29, 0.717) is 25.6 Å². The van der Waals surface area contributed by atoms with Crippen molar-refractivity contribution in [3.63, 3.8) is 0 Å². The lowest BCUT2D eigenvalue weighted by Crippen LogP contribution is -2.62. The third-order valence-electron chi connectivity index (χ3n) is 5.78. The summed E-state index contributed by atoms with van der Waals surface area (Å²) in [6.45, 7) is 1.85. The molecule has 2 aromatic rings. The molecule has 4 rings (SSSR count). The predicted molar refractivity (Wildman–Crippen MR) is 109 cm³/mol. The SMILES string of the molecule is O=C(NO)C1(S(=O)(=O)N2CCN(c3nnn(Cc4ccccc4)n3)CC2)CCOCC1. The highest BCUT2D eigenvalue weighted by Gasteiger charge is 2.54. The molecule has 1 aromatic carbocycles. The number of ether oxygens (including phenoxy) is 1. The Labute approximate surface area is 179 Å². The maximum Gasteiger partial charge on any atom is 0.266 e. The quantitative estimate of drug-likeness (QED) is 0.427. The van der Waals surface area contributed by atoms with Crippen LogP contribution in [0.3, 0.4) is 0 Å². The predicted octanol–water partition coefficient (Wildman–Crippen LogP) is -0.772. The highest BCUT2D eigenvalue weighted by molar-refractivity contribution is 7.91. The minimum Gasteiger partial charge on any atom is -0.381 e. The van der Waals surface area contributed by atoms with E-state index in [-0.39, 0.29) is 39.1 Å². The number of benzene rings is 1. The van der Waals surface area contributed by atoms with Crippen LogP contribution in [0.25, 0.3) is 0 Å². The molecule has 31 heavy (non-hydrogen) atoms. The molecule has 168 valence electrons. The van der Waals surface area contributed by atoms with Crippen molar-refractivity contribution < 1.29 is 23.2 Å². The lowest BCUT2D eigenvalue weighted by Gasteiger charge is -2.41. The van der Waals surface area contributed by atoms with E-state index >= 15 is 0 Å². The van der Waals surface area contributed by atoms with Crippen LogP contribution in [-0.2, 0) is 26.1 Å². The van der Waals surface area contributed by atoms with Crippen LogP contribution < -0.4 is 10.4 Å². The number of hydroxylamine groups is 1. The molecule has 0 unspecified atom stereocenters. The number of sulfonamides is 1. The number of hydrogen-bond donors (Lipinski definition) is 2. The van der Waals surface area contributed by atoms with E-state index in [2.05, 4.69) is 15.4 Å². The van der Waals surface area contributed by atoms with Crippen LogP contribution in [0.15, 0.2) is 30.3 Å². The van der Waals surface area contributed by atoms with Crippen LogP contribution in [0.5, 0.6) is 0 Å². The lowest BCUT2D eigenvalue weighted by atomic mass is 9.98. The fourth-order valence-corrected chi connectivity index (χ4v) is 6.06. The van der Waals surface area contributed by atoms with Crippen molar-refractivity contribution in [3.8, 4) is 0 Å². The molecule has 1 aromatic heterocycles. The van der Waals surface area contributed by atoms with Gasteiger partial charge in [0.1, 0.15) is 0 Å². The smallest absolute Gasteiger partial charge is 0.266 e. The second-order valence-corrected chi connectivity index (χ2v) is 9.79. The molecule has 0 radical (unpaired) electrons. The van der Waals surface area contributed by atoms with E-state index in [0.717, 1.165) is 5.56 Å². The van der Waals surface area contributed by atoms with Crippen LogP contribution in [0.2, 0.25) is 0 Å². The first kappa shape index (κ1) is 21.6. The molecular formula is C18H25N7O5S. The molecule has 2 aliphatic heterocycles. The summed E-state index contributed by atoms with van der Waals surface area (Å²) in [5.41, 5.74) is 2.58. The van der Waals surface area contributed by atoms with Gasteiger partial charge in [-0.05, 0) is 10.8 Å². The Morgan fingerprint density at radius 3 is 2.45 bits per heavy atom. The maximum atomic E-state index is 13.3. The number of aromatic nitrogens is 4. The standard InChI is InChI=1S/C18H25N7O5S/c26-16(21-27)18(6-12-30-13-7-18)31(28,29)24-10-8-23(9-11-24)17-19-22-25(20-17)14-15-4-2-1-3-5-15/h1-5,27H,6-14H2,(H,21,26). The van der Waals surface area contributed by atoms with Gasteiger partial charge in [-0.15, -0.1) is 5.10 Å². The molecule has 13 heteroatoms. The highest BCUT2D eigenvalue weighted by Crippen LogP contribution is 2.33. The summed E-state index contributed by atoms with van der Waals surface area (Å²) in [5, 5.41) is 21.7. The maximum absolute atomic E-state index is 13.3. The molecule has 0 bridgehead atoms. The van der Waals surface area contributed by atoms with Gasteiger partial charge in [-0.2, -0.15) is 9.10 Å². The van der Waals surface area contributed by atoms with Gasteiger partial charge in [0.2, 0.25) is 10.0 Å². The summed E-state index contributed by atoms with van der Waals surface area (Å²) in [6.07, 6.45) is -0.00534. The lowest BCUT2D eigenvalue weighted by molar-refractivity contribution is -0.134. The number of tetrazole rings is 1. The van der Waals surface area contributed by atoms with Gasteiger partial charge in [0.05, 0.1) is 6.54 Å². The minimum atomic E-state index is -4.01. The fourth-order valence-electron chi connectivity index (χ4n) is 3.96. The molecule has 2 fully saturated rings. The molecule has 3 heterocycles. The Bertz CT molecular complexity index is 999. The molecule has 0 spiro atoms. The molecule has 2 aliphatic rings. The summed E-state index contributed by atoms with van der Waals surface area (Å²) in [4.78, 5) is 15.7. The Hall–Kier alpha value is -2.61. The zero-order valence-corrected chi connectivity index (χ0v) is 17.7. The average molecular weight is 452 g/mol. The molecule has 0 saturated carbocycles. The van der Waals surface area contributed by atoms with Crippen LogP contribution in [-0.4, -0.2) is 88.2 Å². The van der Waals surface area contributed by atoms with Gasteiger partial charge in [0.25, 0.3) is 11.9 Å². The van der Waals surface area contributed by atoms with Crippen molar-refractivity contribution in [1.82, 2.24) is 30.0 Å². The van der Waals surface area contributed by atoms with Crippen molar-refractivity contribution in [1.29, 1.82) is 0 Å². The normalized spacial score (nSPS) is 19.8. The zero-order chi connectivity index (χ0) is 21.9. The van der Waals surface area contributed by atoms with E-state index in [4.69, 9.17) is 9.94 Å². The Kier molecular flexibility index (Phi) is 6.18. The second kappa shape index (κ2) is 8.86. The largest absolute Gasteiger partial charge is 0.381 e.